The molecule has 0 atom stereocenters. The molecular formula is C61H32F8N4. The molecule has 10 aromatic carbocycles. The van der Waals surface area contributed by atoms with Crippen LogP contribution in [0.25, 0.3) is 121 Å². The zero-order valence-electron chi connectivity index (χ0n) is 37.8. The van der Waals surface area contributed by atoms with Crippen LogP contribution in [0.3, 0.4) is 0 Å². The second-order valence-corrected chi connectivity index (χ2v) is 18.1. The van der Waals surface area contributed by atoms with Gasteiger partial charge in [0.25, 0.3) is 0 Å². The van der Waals surface area contributed by atoms with Crippen LogP contribution in [-0.2, 0) is 6.18 Å². The summed E-state index contributed by atoms with van der Waals surface area (Å²) < 4.78 is 138. The minimum Gasteiger partial charge on any atom is -0.307 e. The van der Waals surface area contributed by atoms with E-state index in [9.17, 15) is 0 Å². The molecule has 4 heterocycles. The van der Waals surface area contributed by atoms with Gasteiger partial charge in [-0.2, -0.15) is 13.2 Å². The fourth-order valence-electron chi connectivity index (χ4n) is 11.4. The van der Waals surface area contributed by atoms with Crippen molar-refractivity contribution in [3.05, 3.63) is 229 Å². The maximum absolute atomic E-state index is 17.3. The Labute approximate surface area is 408 Å². The number of fused-ring (bicyclic) bond motifs is 14. The van der Waals surface area contributed by atoms with E-state index in [1.165, 1.54) is 9.13 Å². The standard InChI is InChI=1S/C61H32F8N4/c62-52-51(53(63)55(65)56(66)54(52)64)50-48(72-46-25-13-9-21-38(46)42-29-27-40-36-19-7-11-23-44(36)70(57(40)59(42)72)34-15-3-1-4-16-34)31-33(61(67,68)69)32-49(50)73-47-26-14-10-22-39(47)43-30-28-41-37-20-8-12-24-45(37)71(58(41)60(43)73)35-17-5-2-6-18-35/h1-32H. The summed E-state index contributed by atoms with van der Waals surface area (Å²) in [4.78, 5) is 0. The van der Waals surface area contributed by atoms with Crippen molar-refractivity contribution in [1.29, 1.82) is 0 Å². The number of halogens is 8. The summed E-state index contributed by atoms with van der Waals surface area (Å²) in [7, 11) is 0. The summed E-state index contributed by atoms with van der Waals surface area (Å²) in [6.07, 6.45) is -5.13. The minimum atomic E-state index is -5.13. The van der Waals surface area contributed by atoms with Crippen molar-refractivity contribution in [2.75, 3.05) is 0 Å². The highest BCUT2D eigenvalue weighted by Gasteiger charge is 2.38. The first-order valence-electron chi connectivity index (χ1n) is 23.3. The Kier molecular flexibility index (Phi) is 9.02. The van der Waals surface area contributed by atoms with Crippen LogP contribution in [0.5, 0.6) is 0 Å². The Morgan fingerprint density at radius 2 is 0.562 bits per heavy atom. The van der Waals surface area contributed by atoms with Crippen LogP contribution >= 0.6 is 0 Å². The van der Waals surface area contributed by atoms with Gasteiger partial charge in [0.15, 0.2) is 23.3 Å². The largest absolute Gasteiger partial charge is 0.416 e. The molecule has 0 fully saturated rings. The molecule has 0 aliphatic heterocycles. The van der Waals surface area contributed by atoms with Crippen molar-refractivity contribution in [3.8, 4) is 33.9 Å². The zero-order chi connectivity index (χ0) is 49.6. The van der Waals surface area contributed by atoms with Crippen molar-refractivity contribution >= 4 is 87.2 Å². The molecule has 0 radical (unpaired) electrons. The first-order chi connectivity index (χ1) is 35.5. The van der Waals surface area contributed by atoms with Crippen molar-refractivity contribution in [1.82, 2.24) is 18.3 Å². The Morgan fingerprint density at radius 1 is 0.274 bits per heavy atom. The predicted octanol–water partition coefficient (Wildman–Crippen LogP) is 17.5. The van der Waals surface area contributed by atoms with Crippen molar-refractivity contribution < 1.29 is 35.1 Å². The highest BCUT2D eigenvalue weighted by molar-refractivity contribution is 6.26. The molecule has 0 unspecified atom stereocenters. The molecular weight excluding hydrogens is 941 g/mol. The highest BCUT2D eigenvalue weighted by Crippen LogP contribution is 2.50. The lowest BCUT2D eigenvalue weighted by Crippen LogP contribution is -2.14. The molecule has 0 saturated heterocycles. The summed E-state index contributed by atoms with van der Waals surface area (Å²) in [5.74, 6) is -11.4. The average Bonchev–Trinajstić information content (AvgIpc) is 4.15. The summed E-state index contributed by atoms with van der Waals surface area (Å²) in [6.45, 7) is 0. The van der Waals surface area contributed by atoms with Gasteiger partial charge in [-0.05, 0) is 60.7 Å². The van der Waals surface area contributed by atoms with Crippen LogP contribution in [0.4, 0.5) is 35.1 Å². The van der Waals surface area contributed by atoms with Crippen LogP contribution in [0.15, 0.2) is 194 Å². The molecule has 4 aromatic heterocycles. The van der Waals surface area contributed by atoms with E-state index in [4.69, 9.17) is 0 Å². The summed E-state index contributed by atoms with van der Waals surface area (Å²) in [6, 6.07) is 56.7. The summed E-state index contributed by atoms with van der Waals surface area (Å²) >= 11 is 0. The number of benzene rings is 10. The topological polar surface area (TPSA) is 19.7 Å². The van der Waals surface area contributed by atoms with Crippen LogP contribution in [-0.4, -0.2) is 18.3 Å². The monoisotopic (exact) mass is 972 g/mol. The fraction of sp³-hybridized carbons (Fsp3) is 0.0164. The Balaban J connectivity index is 1.27. The Hall–Kier alpha value is -9.16. The lowest BCUT2D eigenvalue weighted by atomic mass is 9.96. The van der Waals surface area contributed by atoms with Crippen LogP contribution in [0.1, 0.15) is 5.56 Å². The van der Waals surface area contributed by atoms with Gasteiger partial charge in [-0.3, -0.25) is 0 Å². The van der Waals surface area contributed by atoms with Gasteiger partial charge >= 0.3 is 6.18 Å². The van der Waals surface area contributed by atoms with E-state index in [1.807, 2.05) is 143 Å². The minimum absolute atomic E-state index is 0.305. The van der Waals surface area contributed by atoms with Gasteiger partial charge in [-0.25, -0.2) is 22.0 Å². The van der Waals surface area contributed by atoms with E-state index in [1.54, 1.807) is 48.5 Å². The molecule has 73 heavy (non-hydrogen) atoms. The molecule has 12 heteroatoms. The number of hydrogen-bond donors (Lipinski definition) is 0. The molecule has 14 rings (SSSR count). The van der Waals surface area contributed by atoms with Gasteiger partial charge in [0.1, 0.15) is 0 Å². The second-order valence-electron chi connectivity index (χ2n) is 18.1. The van der Waals surface area contributed by atoms with Gasteiger partial charge < -0.3 is 18.3 Å². The molecule has 4 nitrogen and oxygen atoms in total. The quantitative estimate of drug-likeness (QED) is 0.0930. The molecule has 0 bridgehead atoms. The lowest BCUT2D eigenvalue weighted by molar-refractivity contribution is -0.137. The third-order valence-electron chi connectivity index (χ3n) is 14.3. The first-order valence-corrected chi connectivity index (χ1v) is 23.3. The molecule has 0 spiro atoms. The molecule has 0 aliphatic carbocycles. The van der Waals surface area contributed by atoms with Gasteiger partial charge in [0.05, 0.1) is 66.6 Å². The normalized spacial score (nSPS) is 12.4. The van der Waals surface area contributed by atoms with E-state index in [0.717, 1.165) is 33.9 Å². The third-order valence-corrected chi connectivity index (χ3v) is 14.3. The van der Waals surface area contributed by atoms with E-state index >= 15 is 35.1 Å². The number of hydrogen-bond acceptors (Lipinski definition) is 0. The number of alkyl halides is 3. The predicted molar refractivity (Wildman–Crippen MR) is 274 cm³/mol. The third kappa shape index (κ3) is 5.88. The molecule has 0 N–H and O–H groups in total. The van der Waals surface area contributed by atoms with Crippen molar-refractivity contribution in [2.45, 2.75) is 6.18 Å². The molecule has 0 saturated carbocycles. The number of rotatable bonds is 5. The van der Waals surface area contributed by atoms with Gasteiger partial charge in [-0.15, -0.1) is 0 Å². The summed E-state index contributed by atoms with van der Waals surface area (Å²) in [5, 5.41) is 5.20. The van der Waals surface area contributed by atoms with E-state index in [0.29, 0.717) is 76.8 Å². The van der Waals surface area contributed by atoms with Crippen LogP contribution in [0.2, 0.25) is 0 Å². The summed E-state index contributed by atoms with van der Waals surface area (Å²) in [5.41, 5.74) is 0.903. The maximum atomic E-state index is 17.3. The van der Waals surface area contributed by atoms with Crippen LogP contribution in [0, 0.1) is 29.1 Å². The van der Waals surface area contributed by atoms with Gasteiger partial charge in [-0.1, -0.05) is 133 Å². The number of aromatic nitrogens is 4. The van der Waals surface area contributed by atoms with E-state index < -0.39 is 63.3 Å². The number of para-hydroxylation sites is 6. The molecule has 14 aromatic rings. The van der Waals surface area contributed by atoms with E-state index in [-0.39, 0.29) is 0 Å². The molecule has 352 valence electrons. The van der Waals surface area contributed by atoms with Gasteiger partial charge in [0, 0.05) is 60.0 Å². The smallest absolute Gasteiger partial charge is 0.307 e. The van der Waals surface area contributed by atoms with Gasteiger partial charge in [0.2, 0.25) is 5.82 Å². The molecule has 0 amide bonds. The Morgan fingerprint density at radius 3 is 0.904 bits per heavy atom. The average molecular weight is 973 g/mol. The number of nitrogens with zero attached hydrogens (tertiary/aromatic N) is 4. The van der Waals surface area contributed by atoms with Crippen molar-refractivity contribution in [3.63, 3.8) is 0 Å². The highest BCUT2D eigenvalue weighted by atomic mass is 19.4. The SMILES string of the molecule is Fc1c(F)c(F)c(-c2c(-n3c4ccccc4c4ccc5c6ccccc6n(-c6ccccc6)c5c43)cc(C(F)(F)F)cc2-n2c3ccccc3c3ccc4c5ccccc5n(-c5ccccc5)c4c32)c(F)c1F. The maximum Gasteiger partial charge on any atom is 0.416 e. The first kappa shape index (κ1) is 42.7. The van der Waals surface area contributed by atoms with Crippen LogP contribution < -0.4 is 0 Å². The van der Waals surface area contributed by atoms with E-state index in [2.05, 4.69) is 0 Å². The second kappa shape index (κ2) is 15.4. The zero-order valence-corrected chi connectivity index (χ0v) is 37.8. The lowest BCUT2D eigenvalue weighted by Gasteiger charge is -2.24. The Bertz CT molecular complexity index is 4370. The van der Waals surface area contributed by atoms with Crippen molar-refractivity contribution in [2.24, 2.45) is 0 Å². The molecule has 0 aliphatic rings. The fourth-order valence-corrected chi connectivity index (χ4v) is 11.4.